The molecule has 0 saturated heterocycles. The van der Waals surface area contributed by atoms with Crippen LogP contribution in [0.3, 0.4) is 0 Å². The van der Waals surface area contributed by atoms with Gasteiger partial charge in [-0.2, -0.15) is 0 Å². The molecule has 3 aromatic rings. The predicted octanol–water partition coefficient (Wildman–Crippen LogP) is 5.75. The van der Waals surface area contributed by atoms with Crippen LogP contribution in [-0.2, 0) is 0 Å². The highest BCUT2D eigenvalue weighted by atomic mass is 19.2. The van der Waals surface area contributed by atoms with Crippen molar-refractivity contribution in [3.8, 4) is 22.3 Å². The number of rotatable bonds is 2. The van der Waals surface area contributed by atoms with Crippen LogP contribution in [0, 0.1) is 24.4 Å². The highest BCUT2D eigenvalue weighted by Crippen LogP contribution is 2.28. The summed E-state index contributed by atoms with van der Waals surface area (Å²) in [4.78, 5) is 0. The molecule has 3 rings (SSSR count). The highest BCUT2D eigenvalue weighted by molar-refractivity contribution is 5.70. The summed E-state index contributed by atoms with van der Waals surface area (Å²) in [5, 5.41) is 0. The molecule has 0 aliphatic heterocycles. The molecular weight excluding hydrogens is 285 g/mol. The Bertz CT molecular complexity index is 803. The van der Waals surface area contributed by atoms with E-state index in [1.807, 2.05) is 43.3 Å². The second kappa shape index (κ2) is 5.68. The van der Waals surface area contributed by atoms with Crippen LogP contribution < -0.4 is 0 Å². The summed E-state index contributed by atoms with van der Waals surface area (Å²) in [6.07, 6.45) is 0. The van der Waals surface area contributed by atoms with E-state index in [1.165, 1.54) is 11.6 Å². The fourth-order valence-corrected chi connectivity index (χ4v) is 2.34. The Labute approximate surface area is 126 Å². The van der Waals surface area contributed by atoms with Gasteiger partial charge in [0.2, 0.25) is 0 Å². The number of hydrogen-bond donors (Lipinski definition) is 0. The quantitative estimate of drug-likeness (QED) is 0.529. The van der Waals surface area contributed by atoms with Gasteiger partial charge in [-0.15, -0.1) is 0 Å². The van der Waals surface area contributed by atoms with Gasteiger partial charge in [0.1, 0.15) is 0 Å². The first kappa shape index (κ1) is 14.4. The van der Waals surface area contributed by atoms with Crippen LogP contribution in [0.4, 0.5) is 13.2 Å². The second-order valence-electron chi connectivity index (χ2n) is 5.17. The van der Waals surface area contributed by atoms with E-state index in [-0.39, 0.29) is 5.56 Å². The summed E-state index contributed by atoms with van der Waals surface area (Å²) in [7, 11) is 0. The molecule has 0 amide bonds. The molecule has 0 saturated carbocycles. The highest BCUT2D eigenvalue weighted by Gasteiger charge is 2.14. The molecule has 0 aromatic heterocycles. The summed E-state index contributed by atoms with van der Waals surface area (Å²) < 4.78 is 40.1. The minimum Gasteiger partial charge on any atom is -0.204 e. The molecule has 3 aromatic carbocycles. The topological polar surface area (TPSA) is 0 Å². The summed E-state index contributed by atoms with van der Waals surface area (Å²) >= 11 is 0. The SMILES string of the molecule is Cc1ccc(-c2ccc(-c3ccc(F)c(F)c3F)cc2)cc1. The van der Waals surface area contributed by atoms with Crippen LogP contribution in [0.1, 0.15) is 5.56 Å². The lowest BCUT2D eigenvalue weighted by atomic mass is 9.99. The van der Waals surface area contributed by atoms with Crippen LogP contribution >= 0.6 is 0 Å². The average molecular weight is 298 g/mol. The fraction of sp³-hybridized carbons (Fsp3) is 0.0526. The van der Waals surface area contributed by atoms with E-state index in [2.05, 4.69) is 0 Å². The zero-order chi connectivity index (χ0) is 15.7. The molecule has 0 aliphatic rings. The molecule has 110 valence electrons. The van der Waals surface area contributed by atoms with E-state index in [1.54, 1.807) is 12.1 Å². The van der Waals surface area contributed by atoms with Gasteiger partial charge in [0, 0.05) is 5.56 Å². The Kier molecular flexibility index (Phi) is 3.72. The van der Waals surface area contributed by atoms with E-state index < -0.39 is 17.5 Å². The Balaban J connectivity index is 1.98. The van der Waals surface area contributed by atoms with Crippen molar-refractivity contribution in [2.75, 3.05) is 0 Å². The van der Waals surface area contributed by atoms with Crippen molar-refractivity contribution in [3.05, 3.63) is 83.7 Å². The van der Waals surface area contributed by atoms with Crippen LogP contribution in [0.25, 0.3) is 22.3 Å². The standard InChI is InChI=1S/C19H13F3/c1-12-2-4-13(5-3-12)14-6-8-15(9-7-14)16-10-11-17(20)19(22)18(16)21/h2-11H,1H3. The number of halogens is 3. The Hall–Kier alpha value is -2.55. The maximum absolute atomic E-state index is 13.8. The van der Waals surface area contributed by atoms with E-state index in [9.17, 15) is 13.2 Å². The van der Waals surface area contributed by atoms with Gasteiger partial charge in [0.05, 0.1) is 0 Å². The third kappa shape index (κ3) is 2.62. The lowest BCUT2D eigenvalue weighted by Crippen LogP contribution is -1.93. The van der Waals surface area contributed by atoms with Gasteiger partial charge in [-0.3, -0.25) is 0 Å². The molecule has 0 atom stereocenters. The van der Waals surface area contributed by atoms with Crippen molar-refractivity contribution < 1.29 is 13.2 Å². The largest absolute Gasteiger partial charge is 0.204 e. The summed E-state index contributed by atoms with van der Waals surface area (Å²) in [5.74, 6) is -3.79. The zero-order valence-electron chi connectivity index (χ0n) is 11.9. The van der Waals surface area contributed by atoms with Crippen molar-refractivity contribution in [2.45, 2.75) is 6.92 Å². The molecule has 0 nitrogen and oxygen atoms in total. The lowest BCUT2D eigenvalue weighted by Gasteiger charge is -2.07. The Morgan fingerprint density at radius 1 is 0.545 bits per heavy atom. The Morgan fingerprint density at radius 2 is 1.05 bits per heavy atom. The van der Waals surface area contributed by atoms with Crippen molar-refractivity contribution in [3.63, 3.8) is 0 Å². The first-order valence-electron chi connectivity index (χ1n) is 6.87. The van der Waals surface area contributed by atoms with Gasteiger partial charge >= 0.3 is 0 Å². The molecule has 0 bridgehead atoms. The van der Waals surface area contributed by atoms with Crippen LogP contribution in [0.15, 0.2) is 60.7 Å². The molecule has 3 heteroatoms. The molecular formula is C19H13F3. The Morgan fingerprint density at radius 3 is 1.64 bits per heavy atom. The maximum atomic E-state index is 13.8. The van der Waals surface area contributed by atoms with Gasteiger partial charge in [0.15, 0.2) is 17.5 Å². The molecule has 0 unspecified atom stereocenters. The monoisotopic (exact) mass is 298 g/mol. The van der Waals surface area contributed by atoms with Crippen LogP contribution in [0.5, 0.6) is 0 Å². The molecule has 0 fully saturated rings. The van der Waals surface area contributed by atoms with Crippen LogP contribution in [0.2, 0.25) is 0 Å². The minimum atomic E-state index is -1.44. The molecule has 0 N–H and O–H groups in total. The third-order valence-corrected chi connectivity index (χ3v) is 3.62. The van der Waals surface area contributed by atoms with Crippen molar-refractivity contribution in [2.24, 2.45) is 0 Å². The first-order chi connectivity index (χ1) is 10.6. The van der Waals surface area contributed by atoms with Gasteiger partial charge in [0.25, 0.3) is 0 Å². The molecule has 0 aliphatic carbocycles. The minimum absolute atomic E-state index is 0.0503. The summed E-state index contributed by atoms with van der Waals surface area (Å²) in [5.41, 5.74) is 3.75. The molecule has 22 heavy (non-hydrogen) atoms. The lowest BCUT2D eigenvalue weighted by molar-refractivity contribution is 0.449. The smallest absolute Gasteiger partial charge is 0.195 e. The van der Waals surface area contributed by atoms with E-state index in [4.69, 9.17) is 0 Å². The summed E-state index contributed by atoms with van der Waals surface area (Å²) in [6.45, 7) is 2.01. The average Bonchev–Trinajstić information content (AvgIpc) is 2.54. The number of hydrogen-bond acceptors (Lipinski definition) is 0. The maximum Gasteiger partial charge on any atom is 0.195 e. The number of benzene rings is 3. The summed E-state index contributed by atoms with van der Waals surface area (Å²) in [6, 6.07) is 17.3. The van der Waals surface area contributed by atoms with E-state index >= 15 is 0 Å². The third-order valence-electron chi connectivity index (χ3n) is 3.62. The van der Waals surface area contributed by atoms with Gasteiger partial charge < -0.3 is 0 Å². The van der Waals surface area contributed by atoms with Crippen LogP contribution in [-0.4, -0.2) is 0 Å². The fourth-order valence-electron chi connectivity index (χ4n) is 2.34. The van der Waals surface area contributed by atoms with Crippen molar-refractivity contribution in [1.29, 1.82) is 0 Å². The van der Waals surface area contributed by atoms with Crippen molar-refractivity contribution in [1.82, 2.24) is 0 Å². The zero-order valence-corrected chi connectivity index (χ0v) is 11.9. The number of aryl methyl sites for hydroxylation is 1. The van der Waals surface area contributed by atoms with Gasteiger partial charge in [-0.25, -0.2) is 13.2 Å². The van der Waals surface area contributed by atoms with Crippen molar-refractivity contribution >= 4 is 0 Å². The normalized spacial score (nSPS) is 10.7. The first-order valence-corrected chi connectivity index (χ1v) is 6.87. The molecule has 0 heterocycles. The predicted molar refractivity (Wildman–Crippen MR) is 81.9 cm³/mol. The molecule has 0 radical (unpaired) electrons. The second-order valence-corrected chi connectivity index (χ2v) is 5.17. The van der Waals surface area contributed by atoms with E-state index in [0.717, 1.165) is 17.2 Å². The van der Waals surface area contributed by atoms with Gasteiger partial charge in [-0.1, -0.05) is 54.1 Å². The van der Waals surface area contributed by atoms with E-state index in [0.29, 0.717) is 5.56 Å². The molecule has 0 spiro atoms. The van der Waals surface area contributed by atoms with Gasteiger partial charge in [-0.05, 0) is 35.7 Å².